The number of anilines is 1. The van der Waals surface area contributed by atoms with Crippen molar-refractivity contribution in [3.8, 4) is 5.69 Å². The van der Waals surface area contributed by atoms with E-state index < -0.39 is 35.1 Å². The maximum Gasteiger partial charge on any atom is 0.321 e. The van der Waals surface area contributed by atoms with Crippen LogP contribution < -0.4 is 10.0 Å². The molecule has 0 fully saturated rings. The molecule has 12 heteroatoms. The number of carbonyl (C=O) groups excluding carboxylic acids is 2. The lowest BCUT2D eigenvalue weighted by molar-refractivity contribution is -0.146. The molecule has 166 valence electrons. The molecule has 3 rings (SSSR count). The zero-order chi connectivity index (χ0) is 23.0. The maximum absolute atomic E-state index is 12.2. The fourth-order valence-electron chi connectivity index (χ4n) is 2.46. The molecule has 1 heterocycles. The van der Waals surface area contributed by atoms with Crippen LogP contribution in [0, 0.1) is 0 Å². The predicted octanol–water partition coefficient (Wildman–Crippen LogP) is 1.99. The van der Waals surface area contributed by atoms with Crippen LogP contribution in [-0.2, 0) is 24.3 Å². The number of nitrogens with zero attached hydrogens (tertiary/aromatic N) is 3. The Labute approximate surface area is 188 Å². The van der Waals surface area contributed by atoms with Gasteiger partial charge in [0.15, 0.2) is 6.61 Å². The number of esters is 1. The minimum absolute atomic E-state index is 0.329. The molecule has 10 nitrogen and oxygen atoms in total. The van der Waals surface area contributed by atoms with Crippen molar-refractivity contribution in [2.24, 2.45) is 0 Å². The molecule has 3 aromatic rings. The van der Waals surface area contributed by atoms with Crippen molar-refractivity contribution in [1.29, 1.82) is 0 Å². The van der Waals surface area contributed by atoms with Crippen LogP contribution in [0.15, 0.2) is 66.6 Å². The summed E-state index contributed by atoms with van der Waals surface area (Å²) in [6, 6.07) is 13.5. The molecule has 0 radical (unpaired) electrons. The number of sulfonamides is 1. The molecule has 0 spiro atoms. The van der Waals surface area contributed by atoms with Gasteiger partial charge in [0, 0.05) is 10.4 Å². The lowest BCUT2D eigenvalue weighted by Crippen LogP contribution is -2.31. The Bertz CT molecular complexity index is 1210. The summed E-state index contributed by atoms with van der Waals surface area (Å²) in [5, 5.41) is 7.87. The first-order valence-electron chi connectivity index (χ1n) is 9.15. The SMILES string of the molecule is O=C(COC(=O)CNS(=O)(=O)/C=C/c1ccccc1)Nc1cc(Cl)ccc1-n1cncn1. The minimum atomic E-state index is -3.86. The number of nitrogens with one attached hydrogen (secondary N) is 2. The van der Waals surface area contributed by atoms with Gasteiger partial charge in [-0.1, -0.05) is 41.9 Å². The third kappa shape index (κ3) is 7.01. The lowest BCUT2D eigenvalue weighted by atomic mass is 10.2. The van der Waals surface area contributed by atoms with Gasteiger partial charge < -0.3 is 10.1 Å². The van der Waals surface area contributed by atoms with Crippen LogP contribution in [0.4, 0.5) is 5.69 Å². The van der Waals surface area contributed by atoms with Crippen LogP contribution >= 0.6 is 11.6 Å². The van der Waals surface area contributed by atoms with Gasteiger partial charge in [0.2, 0.25) is 10.0 Å². The molecule has 0 aliphatic rings. The molecule has 0 saturated heterocycles. The first-order valence-corrected chi connectivity index (χ1v) is 11.1. The van der Waals surface area contributed by atoms with Crippen LogP contribution in [0.2, 0.25) is 5.02 Å². The Balaban J connectivity index is 1.50. The van der Waals surface area contributed by atoms with Crippen molar-refractivity contribution in [1.82, 2.24) is 19.5 Å². The van der Waals surface area contributed by atoms with Gasteiger partial charge in [0.1, 0.15) is 19.2 Å². The van der Waals surface area contributed by atoms with Gasteiger partial charge >= 0.3 is 5.97 Å². The van der Waals surface area contributed by atoms with E-state index in [2.05, 4.69) is 20.1 Å². The van der Waals surface area contributed by atoms with Gasteiger partial charge in [-0.15, -0.1) is 0 Å². The Morgan fingerprint density at radius 1 is 1.16 bits per heavy atom. The van der Waals surface area contributed by atoms with Crippen LogP contribution in [0.5, 0.6) is 0 Å². The lowest BCUT2D eigenvalue weighted by Gasteiger charge is -2.11. The van der Waals surface area contributed by atoms with Crippen molar-refractivity contribution in [2.45, 2.75) is 0 Å². The van der Waals surface area contributed by atoms with Gasteiger partial charge in [-0.3, -0.25) is 9.59 Å². The summed E-state index contributed by atoms with van der Waals surface area (Å²) in [5.74, 6) is -1.56. The number of aromatic nitrogens is 3. The summed E-state index contributed by atoms with van der Waals surface area (Å²) in [6.07, 6.45) is 4.16. The zero-order valence-electron chi connectivity index (χ0n) is 16.5. The van der Waals surface area contributed by atoms with E-state index in [-0.39, 0.29) is 0 Å². The second kappa shape index (κ2) is 10.7. The first-order chi connectivity index (χ1) is 15.3. The average molecular weight is 476 g/mol. The topological polar surface area (TPSA) is 132 Å². The molecular weight excluding hydrogens is 458 g/mol. The fraction of sp³-hybridized carbons (Fsp3) is 0.100. The highest BCUT2D eigenvalue weighted by molar-refractivity contribution is 7.92. The number of benzene rings is 2. The highest BCUT2D eigenvalue weighted by Gasteiger charge is 2.14. The number of halogens is 1. The summed E-state index contributed by atoms with van der Waals surface area (Å²) in [6.45, 7) is -1.25. The van der Waals surface area contributed by atoms with E-state index in [1.165, 1.54) is 29.5 Å². The van der Waals surface area contributed by atoms with E-state index in [0.29, 0.717) is 22.0 Å². The number of amides is 1. The largest absolute Gasteiger partial charge is 0.455 e. The van der Waals surface area contributed by atoms with Crippen molar-refractivity contribution in [3.05, 3.63) is 77.2 Å². The molecule has 0 unspecified atom stereocenters. The van der Waals surface area contributed by atoms with Gasteiger partial charge in [0.25, 0.3) is 5.91 Å². The summed E-state index contributed by atoms with van der Waals surface area (Å²) >= 11 is 5.99. The van der Waals surface area contributed by atoms with E-state index in [4.69, 9.17) is 16.3 Å². The van der Waals surface area contributed by atoms with Crippen LogP contribution in [0.1, 0.15) is 5.56 Å². The minimum Gasteiger partial charge on any atom is -0.455 e. The van der Waals surface area contributed by atoms with E-state index in [1.807, 2.05) is 0 Å². The molecule has 0 bridgehead atoms. The molecule has 0 saturated carbocycles. The van der Waals surface area contributed by atoms with Crippen LogP contribution in [0.25, 0.3) is 11.8 Å². The standard InChI is InChI=1S/C20H18ClN5O5S/c21-16-6-7-18(26-14-22-13-23-26)17(10-16)25-19(27)12-31-20(28)11-24-32(29,30)9-8-15-4-2-1-3-5-15/h1-10,13-14,24H,11-12H2,(H,25,27)/b9-8+. The molecular formula is C20H18ClN5O5S. The third-order valence-electron chi connectivity index (χ3n) is 3.92. The summed E-state index contributed by atoms with van der Waals surface area (Å²) in [4.78, 5) is 27.9. The highest BCUT2D eigenvalue weighted by atomic mass is 35.5. The monoisotopic (exact) mass is 475 g/mol. The highest BCUT2D eigenvalue weighted by Crippen LogP contribution is 2.23. The maximum atomic E-state index is 12.2. The zero-order valence-corrected chi connectivity index (χ0v) is 18.1. The first kappa shape index (κ1) is 23.1. The second-order valence-corrected chi connectivity index (χ2v) is 8.38. The smallest absolute Gasteiger partial charge is 0.321 e. The number of rotatable bonds is 9. The fourth-order valence-corrected chi connectivity index (χ4v) is 3.39. The Morgan fingerprint density at radius 3 is 2.66 bits per heavy atom. The van der Waals surface area contributed by atoms with Gasteiger partial charge in [-0.2, -0.15) is 5.10 Å². The van der Waals surface area contributed by atoms with Crippen molar-refractivity contribution in [3.63, 3.8) is 0 Å². The van der Waals surface area contributed by atoms with Crippen LogP contribution in [-0.4, -0.2) is 48.2 Å². The van der Waals surface area contributed by atoms with Gasteiger partial charge in [0.05, 0.1) is 11.4 Å². The van der Waals surface area contributed by atoms with E-state index in [9.17, 15) is 18.0 Å². The number of hydrogen-bond acceptors (Lipinski definition) is 7. The third-order valence-corrected chi connectivity index (χ3v) is 5.20. The summed E-state index contributed by atoms with van der Waals surface area (Å²) in [5.41, 5.74) is 1.52. The van der Waals surface area contributed by atoms with Crippen molar-refractivity contribution >= 4 is 45.3 Å². The van der Waals surface area contributed by atoms with E-state index >= 15 is 0 Å². The van der Waals surface area contributed by atoms with E-state index in [1.54, 1.807) is 42.5 Å². The van der Waals surface area contributed by atoms with Gasteiger partial charge in [-0.25, -0.2) is 22.8 Å². The Hall–Kier alpha value is -3.54. The average Bonchev–Trinajstić information content (AvgIpc) is 3.30. The van der Waals surface area contributed by atoms with Crippen LogP contribution in [0.3, 0.4) is 0 Å². The number of hydrogen-bond donors (Lipinski definition) is 2. The molecule has 1 aromatic heterocycles. The normalized spacial score (nSPS) is 11.4. The van der Waals surface area contributed by atoms with Crippen molar-refractivity contribution < 1.29 is 22.7 Å². The number of ether oxygens (including phenoxy) is 1. The summed E-state index contributed by atoms with van der Waals surface area (Å²) in [7, 11) is -3.86. The van der Waals surface area contributed by atoms with Crippen molar-refractivity contribution in [2.75, 3.05) is 18.5 Å². The van der Waals surface area contributed by atoms with E-state index in [0.717, 1.165) is 5.41 Å². The molecule has 0 aliphatic heterocycles. The molecule has 0 aliphatic carbocycles. The molecule has 2 aromatic carbocycles. The molecule has 32 heavy (non-hydrogen) atoms. The summed E-state index contributed by atoms with van der Waals surface area (Å²) < 4.78 is 32.2. The number of carbonyl (C=O) groups is 2. The quantitative estimate of drug-likeness (QED) is 0.452. The molecule has 2 N–H and O–H groups in total. The molecule has 1 amide bonds. The Morgan fingerprint density at radius 2 is 1.94 bits per heavy atom. The van der Waals surface area contributed by atoms with Gasteiger partial charge in [-0.05, 0) is 29.8 Å². The second-order valence-electron chi connectivity index (χ2n) is 6.29. The predicted molar refractivity (Wildman–Crippen MR) is 118 cm³/mol. The molecule has 0 atom stereocenters. The Kier molecular flexibility index (Phi) is 7.71.